The van der Waals surface area contributed by atoms with Crippen molar-refractivity contribution in [2.45, 2.75) is 39.3 Å². The molecule has 0 saturated carbocycles. The number of benzene rings is 2. The van der Waals surface area contributed by atoms with Gasteiger partial charge in [-0.2, -0.15) is 0 Å². The highest BCUT2D eigenvalue weighted by molar-refractivity contribution is 7.71. The van der Waals surface area contributed by atoms with Gasteiger partial charge < -0.3 is 14.5 Å². The van der Waals surface area contributed by atoms with Gasteiger partial charge in [-0.05, 0) is 86.9 Å². The summed E-state index contributed by atoms with van der Waals surface area (Å²) in [5.41, 5.74) is 3.18. The molecule has 5 aromatic rings. The summed E-state index contributed by atoms with van der Waals surface area (Å²) in [6.07, 6.45) is 3.09. The van der Waals surface area contributed by atoms with Crippen LogP contribution in [-0.2, 0) is 19.5 Å². The zero-order valence-corrected chi connectivity index (χ0v) is 25.4. The fraction of sp³-hybridized carbons (Fsp3) is 0.345. The number of fused-ring (bicyclic) bond motifs is 2. The van der Waals surface area contributed by atoms with Gasteiger partial charge in [0.15, 0.2) is 4.77 Å². The van der Waals surface area contributed by atoms with E-state index >= 15 is 0 Å². The molecule has 1 fully saturated rings. The third-order valence-electron chi connectivity index (χ3n) is 7.60. The second kappa shape index (κ2) is 13.0. The zero-order valence-electron chi connectivity index (χ0n) is 22.1. The van der Waals surface area contributed by atoms with Crippen LogP contribution in [0.1, 0.15) is 29.1 Å². The molecule has 1 N–H and O–H groups in total. The standard InChI is InChI=1S/C29H30FN5OS2.2ClH/c1-19-16-23-27(38-19)32-29(37)34(28(23)36)15-14-33-12-10-20(11-13-33)17-26-31-24-4-2-3-5-25(24)35(26)18-21-6-8-22(30)9-7-21;;/h2-9,16,20H,10-15,17-18H2,1H3,(H,32,37);2*1H. The lowest BCUT2D eigenvalue weighted by Gasteiger charge is -2.32. The van der Waals surface area contributed by atoms with Crippen molar-refractivity contribution >= 4 is 69.6 Å². The topological polar surface area (TPSA) is 58.9 Å². The Labute approximate surface area is 253 Å². The first-order valence-corrected chi connectivity index (χ1v) is 14.3. The van der Waals surface area contributed by atoms with Crippen molar-refractivity contribution in [2.24, 2.45) is 5.92 Å². The fourth-order valence-corrected chi connectivity index (χ4v) is 6.76. The van der Waals surface area contributed by atoms with Crippen molar-refractivity contribution in [3.8, 4) is 0 Å². The van der Waals surface area contributed by atoms with E-state index in [4.69, 9.17) is 17.2 Å². The predicted octanol–water partition coefficient (Wildman–Crippen LogP) is 6.76. The summed E-state index contributed by atoms with van der Waals surface area (Å²) in [7, 11) is 0. The van der Waals surface area contributed by atoms with Gasteiger partial charge in [0.1, 0.15) is 16.5 Å². The smallest absolute Gasteiger partial charge is 0.263 e. The summed E-state index contributed by atoms with van der Waals surface area (Å²) < 4.78 is 17.9. The molecule has 2 aromatic carbocycles. The molecule has 0 aliphatic carbocycles. The van der Waals surface area contributed by atoms with E-state index in [0.29, 0.717) is 23.8 Å². The zero-order chi connectivity index (χ0) is 26.2. The van der Waals surface area contributed by atoms with Crippen LogP contribution in [0.2, 0.25) is 0 Å². The van der Waals surface area contributed by atoms with Gasteiger partial charge in [-0.1, -0.05) is 24.3 Å². The van der Waals surface area contributed by atoms with E-state index in [2.05, 4.69) is 26.6 Å². The average Bonchev–Trinajstić information content (AvgIpc) is 3.45. The van der Waals surface area contributed by atoms with Gasteiger partial charge in [0.2, 0.25) is 0 Å². The maximum atomic E-state index is 13.4. The number of aromatic amines is 1. The Bertz CT molecular complexity index is 1720. The molecule has 0 radical (unpaired) electrons. The number of likely N-dealkylation sites (tertiary alicyclic amines) is 1. The number of halogens is 3. The molecule has 0 amide bonds. The summed E-state index contributed by atoms with van der Waals surface area (Å²) in [5, 5.41) is 0.725. The highest BCUT2D eigenvalue weighted by atomic mass is 35.5. The van der Waals surface area contributed by atoms with Crippen LogP contribution >= 0.6 is 48.4 Å². The second-order valence-corrected chi connectivity index (χ2v) is 11.8. The molecule has 4 heterocycles. The largest absolute Gasteiger partial charge is 0.323 e. The molecule has 11 heteroatoms. The van der Waals surface area contributed by atoms with Crippen LogP contribution in [0.25, 0.3) is 21.3 Å². The summed E-state index contributed by atoms with van der Waals surface area (Å²) in [5.74, 6) is 1.42. The van der Waals surface area contributed by atoms with E-state index in [-0.39, 0.29) is 36.2 Å². The number of piperidine rings is 1. The van der Waals surface area contributed by atoms with E-state index in [9.17, 15) is 9.18 Å². The molecule has 6 nitrogen and oxygen atoms in total. The minimum absolute atomic E-state index is 0. The minimum atomic E-state index is -0.217. The first kappa shape index (κ1) is 30.4. The molecule has 6 rings (SSSR count). The van der Waals surface area contributed by atoms with Crippen molar-refractivity contribution in [1.29, 1.82) is 0 Å². The van der Waals surface area contributed by atoms with Gasteiger partial charge in [0.05, 0.1) is 16.4 Å². The molecule has 1 saturated heterocycles. The molecular weight excluding hydrogens is 588 g/mol. The number of nitrogens with zero attached hydrogens (tertiary/aromatic N) is 4. The van der Waals surface area contributed by atoms with Gasteiger partial charge >= 0.3 is 0 Å². The van der Waals surface area contributed by atoms with Crippen LogP contribution in [0, 0.1) is 23.4 Å². The number of imidazole rings is 1. The first-order chi connectivity index (χ1) is 18.4. The molecule has 0 atom stereocenters. The Kier molecular flexibility index (Phi) is 9.85. The third-order valence-corrected chi connectivity index (χ3v) is 8.89. The minimum Gasteiger partial charge on any atom is -0.323 e. The molecule has 1 aliphatic heterocycles. The maximum Gasteiger partial charge on any atom is 0.263 e. The van der Waals surface area contributed by atoms with Crippen molar-refractivity contribution in [3.05, 3.63) is 91.8 Å². The van der Waals surface area contributed by atoms with Gasteiger partial charge in [-0.3, -0.25) is 9.36 Å². The van der Waals surface area contributed by atoms with E-state index < -0.39 is 0 Å². The number of rotatable bonds is 7. The Morgan fingerprint density at radius 2 is 1.77 bits per heavy atom. The Balaban J connectivity index is 0.00000185. The average molecular weight is 621 g/mol. The Morgan fingerprint density at radius 3 is 2.52 bits per heavy atom. The van der Waals surface area contributed by atoms with Crippen LogP contribution < -0.4 is 5.56 Å². The number of thiophene rings is 1. The Hall–Kier alpha value is -2.56. The van der Waals surface area contributed by atoms with Crippen LogP contribution in [0.5, 0.6) is 0 Å². The quantitative estimate of drug-likeness (QED) is 0.204. The normalized spacial score (nSPS) is 14.3. The number of H-pyrrole nitrogens is 1. The number of hydrogen-bond donors (Lipinski definition) is 1. The highest BCUT2D eigenvalue weighted by Gasteiger charge is 2.22. The third kappa shape index (κ3) is 6.34. The Morgan fingerprint density at radius 1 is 1.05 bits per heavy atom. The molecule has 40 heavy (non-hydrogen) atoms. The number of aromatic nitrogens is 4. The molecule has 1 aliphatic rings. The van der Waals surface area contributed by atoms with Crippen LogP contribution in [0.15, 0.2) is 59.4 Å². The van der Waals surface area contributed by atoms with Crippen molar-refractivity contribution < 1.29 is 4.39 Å². The second-order valence-electron chi connectivity index (χ2n) is 10.2. The lowest BCUT2D eigenvalue weighted by Crippen LogP contribution is -2.38. The van der Waals surface area contributed by atoms with E-state index in [0.717, 1.165) is 76.4 Å². The van der Waals surface area contributed by atoms with Gasteiger partial charge in [0.25, 0.3) is 5.56 Å². The molecule has 3 aromatic heterocycles. The summed E-state index contributed by atoms with van der Waals surface area (Å²) in [6.45, 7) is 6.08. The molecular formula is C29H32Cl2FN5OS2. The molecule has 0 spiro atoms. The number of aryl methyl sites for hydroxylation is 1. The van der Waals surface area contributed by atoms with Crippen LogP contribution in [0.4, 0.5) is 4.39 Å². The van der Waals surface area contributed by atoms with Crippen molar-refractivity contribution in [3.63, 3.8) is 0 Å². The fourth-order valence-electron chi connectivity index (χ4n) is 5.52. The first-order valence-electron chi connectivity index (χ1n) is 13.1. The molecule has 0 unspecified atom stereocenters. The van der Waals surface area contributed by atoms with Crippen molar-refractivity contribution in [1.82, 2.24) is 24.0 Å². The van der Waals surface area contributed by atoms with Gasteiger partial charge in [-0.25, -0.2) is 9.37 Å². The van der Waals surface area contributed by atoms with Crippen LogP contribution in [0.3, 0.4) is 0 Å². The maximum absolute atomic E-state index is 13.4. The van der Waals surface area contributed by atoms with Crippen LogP contribution in [-0.4, -0.2) is 43.6 Å². The summed E-state index contributed by atoms with van der Waals surface area (Å²) >= 11 is 7.07. The summed E-state index contributed by atoms with van der Waals surface area (Å²) in [6, 6.07) is 16.9. The predicted molar refractivity (Wildman–Crippen MR) is 169 cm³/mol. The van der Waals surface area contributed by atoms with Gasteiger partial charge in [0, 0.05) is 30.9 Å². The number of nitrogens with one attached hydrogen (secondary N) is 1. The van der Waals surface area contributed by atoms with E-state index in [1.807, 2.05) is 37.3 Å². The van der Waals surface area contributed by atoms with E-state index in [1.54, 1.807) is 15.9 Å². The summed E-state index contributed by atoms with van der Waals surface area (Å²) in [4.78, 5) is 25.6. The monoisotopic (exact) mass is 619 g/mol. The lowest BCUT2D eigenvalue weighted by atomic mass is 9.93. The number of hydrogen-bond acceptors (Lipinski definition) is 5. The SMILES string of the molecule is Cc1cc2c(=O)n(CCN3CCC(Cc4nc5ccccc5n4Cc4ccc(F)cc4)CC3)c(=S)[nH]c2s1.Cl.Cl. The lowest BCUT2D eigenvalue weighted by molar-refractivity contribution is 0.176. The van der Waals surface area contributed by atoms with E-state index in [1.165, 1.54) is 12.1 Å². The van der Waals surface area contributed by atoms with Crippen molar-refractivity contribution in [2.75, 3.05) is 19.6 Å². The number of para-hydroxylation sites is 2. The van der Waals surface area contributed by atoms with Gasteiger partial charge in [-0.15, -0.1) is 36.2 Å². The molecule has 212 valence electrons. The highest BCUT2D eigenvalue weighted by Crippen LogP contribution is 2.25. The molecule has 0 bridgehead atoms.